The lowest BCUT2D eigenvalue weighted by atomic mass is 10.1. The number of nitrogens with zero attached hydrogens (tertiary/aromatic N) is 1. The Bertz CT molecular complexity index is 313. The number of aromatic nitrogens is 1. The molecule has 0 saturated carbocycles. The zero-order valence-corrected chi connectivity index (χ0v) is 7.28. The summed E-state index contributed by atoms with van der Waals surface area (Å²) in [5, 5.41) is 3.05. The van der Waals surface area contributed by atoms with Crippen molar-refractivity contribution in [3.05, 3.63) is 24.0 Å². The minimum atomic E-state index is -0.246. The van der Waals surface area contributed by atoms with Crippen molar-refractivity contribution in [2.45, 2.75) is 12.5 Å². The summed E-state index contributed by atoms with van der Waals surface area (Å²) in [6.45, 7) is 0. The number of pyridine rings is 1. The topological polar surface area (TPSA) is 51.2 Å². The normalized spacial score (nSPS) is 19.0. The lowest BCUT2D eigenvalue weighted by Gasteiger charge is -2.06. The molecule has 2 heterocycles. The quantitative estimate of drug-likeness (QED) is 0.639. The summed E-state index contributed by atoms with van der Waals surface area (Å²) in [4.78, 5) is 15.1. The van der Waals surface area contributed by atoms with Crippen LogP contribution >= 0.6 is 0 Å². The number of nitrogens with one attached hydrogen (secondary N) is 1. The zero-order valence-electron chi connectivity index (χ0n) is 7.28. The Morgan fingerprint density at radius 1 is 1.77 bits per heavy atom. The molecule has 0 radical (unpaired) electrons. The number of fused-ring (bicyclic) bond motifs is 1. The van der Waals surface area contributed by atoms with E-state index in [2.05, 4.69) is 15.0 Å². The third-order valence-electron chi connectivity index (χ3n) is 2.15. The maximum absolute atomic E-state index is 11.2. The van der Waals surface area contributed by atoms with Gasteiger partial charge in [-0.3, -0.25) is 4.98 Å². The Hall–Kier alpha value is -1.58. The average molecular weight is 178 g/mol. The van der Waals surface area contributed by atoms with Crippen molar-refractivity contribution in [3.63, 3.8) is 0 Å². The van der Waals surface area contributed by atoms with Gasteiger partial charge in [0.15, 0.2) is 0 Å². The number of methoxy groups -OCH3 is 1. The molecule has 0 bridgehead atoms. The van der Waals surface area contributed by atoms with Gasteiger partial charge in [0.05, 0.1) is 19.0 Å². The minimum absolute atomic E-state index is 0.226. The van der Waals surface area contributed by atoms with E-state index in [1.165, 1.54) is 7.11 Å². The zero-order chi connectivity index (χ0) is 9.26. The van der Waals surface area contributed by atoms with Gasteiger partial charge < -0.3 is 10.1 Å². The van der Waals surface area contributed by atoms with Crippen LogP contribution in [-0.4, -0.2) is 24.1 Å². The van der Waals surface area contributed by atoms with E-state index in [1.807, 2.05) is 6.07 Å². The molecule has 1 aliphatic heterocycles. The second-order valence-corrected chi connectivity index (χ2v) is 2.96. The van der Waals surface area contributed by atoms with Crippen LogP contribution < -0.4 is 5.32 Å². The highest BCUT2D eigenvalue weighted by Gasteiger charge is 2.26. The minimum Gasteiger partial charge on any atom is -0.467 e. The smallest absolute Gasteiger partial charge is 0.328 e. The lowest BCUT2D eigenvalue weighted by molar-refractivity contribution is -0.141. The highest BCUT2D eigenvalue weighted by atomic mass is 16.5. The van der Waals surface area contributed by atoms with E-state index in [-0.39, 0.29) is 12.0 Å². The number of ether oxygens (including phenoxy) is 1. The van der Waals surface area contributed by atoms with E-state index in [0.29, 0.717) is 6.42 Å². The molecule has 68 valence electrons. The van der Waals surface area contributed by atoms with Crippen LogP contribution in [0, 0.1) is 0 Å². The van der Waals surface area contributed by atoms with Gasteiger partial charge >= 0.3 is 5.97 Å². The summed E-state index contributed by atoms with van der Waals surface area (Å²) in [5.74, 6) is -0.226. The number of hydrogen-bond acceptors (Lipinski definition) is 4. The van der Waals surface area contributed by atoms with Crippen LogP contribution in [0.15, 0.2) is 18.5 Å². The summed E-state index contributed by atoms with van der Waals surface area (Å²) in [7, 11) is 1.39. The largest absolute Gasteiger partial charge is 0.467 e. The average Bonchev–Trinajstić information content (AvgIpc) is 2.59. The number of esters is 1. The molecular weight excluding hydrogens is 168 g/mol. The monoisotopic (exact) mass is 178 g/mol. The highest BCUT2D eigenvalue weighted by Crippen LogP contribution is 2.24. The SMILES string of the molecule is COC(=O)C1Cc2ccncc2N1. The first kappa shape index (κ1) is 8.04. The van der Waals surface area contributed by atoms with Gasteiger partial charge in [0, 0.05) is 12.6 Å². The molecule has 0 spiro atoms. The van der Waals surface area contributed by atoms with Gasteiger partial charge in [0.1, 0.15) is 6.04 Å². The van der Waals surface area contributed by atoms with Crippen molar-refractivity contribution in [1.29, 1.82) is 0 Å². The van der Waals surface area contributed by atoms with E-state index in [0.717, 1.165) is 11.3 Å². The van der Waals surface area contributed by atoms with Crippen molar-refractivity contribution >= 4 is 11.7 Å². The molecule has 1 aliphatic rings. The first-order valence-corrected chi connectivity index (χ1v) is 4.08. The van der Waals surface area contributed by atoms with Crippen LogP contribution in [0.3, 0.4) is 0 Å². The molecule has 0 fully saturated rings. The molecule has 1 aromatic heterocycles. The maximum atomic E-state index is 11.2. The molecule has 1 N–H and O–H groups in total. The van der Waals surface area contributed by atoms with Crippen LogP contribution in [0.25, 0.3) is 0 Å². The van der Waals surface area contributed by atoms with Crippen molar-refractivity contribution in [2.75, 3.05) is 12.4 Å². The third kappa shape index (κ3) is 1.35. The van der Waals surface area contributed by atoms with Crippen molar-refractivity contribution in [1.82, 2.24) is 4.98 Å². The number of carbonyl (C=O) groups is 1. The van der Waals surface area contributed by atoms with Gasteiger partial charge in [-0.1, -0.05) is 0 Å². The fourth-order valence-corrected chi connectivity index (χ4v) is 1.47. The number of hydrogen-bond donors (Lipinski definition) is 1. The molecule has 0 amide bonds. The molecule has 2 rings (SSSR count). The van der Waals surface area contributed by atoms with Gasteiger partial charge in [-0.05, 0) is 11.6 Å². The van der Waals surface area contributed by atoms with E-state index in [9.17, 15) is 4.79 Å². The summed E-state index contributed by atoms with van der Waals surface area (Å²) in [6.07, 6.45) is 4.13. The van der Waals surface area contributed by atoms with Crippen molar-refractivity contribution < 1.29 is 9.53 Å². The van der Waals surface area contributed by atoms with Crippen LogP contribution in [0.1, 0.15) is 5.56 Å². The van der Waals surface area contributed by atoms with Gasteiger partial charge in [-0.2, -0.15) is 0 Å². The van der Waals surface area contributed by atoms with Gasteiger partial charge in [-0.25, -0.2) is 4.79 Å². The highest BCUT2D eigenvalue weighted by molar-refractivity contribution is 5.82. The summed E-state index contributed by atoms with van der Waals surface area (Å²) < 4.78 is 4.64. The first-order chi connectivity index (χ1) is 6.31. The lowest BCUT2D eigenvalue weighted by Crippen LogP contribution is -2.27. The van der Waals surface area contributed by atoms with E-state index in [4.69, 9.17) is 0 Å². The summed E-state index contributed by atoms with van der Waals surface area (Å²) in [5.41, 5.74) is 2.04. The van der Waals surface area contributed by atoms with E-state index in [1.54, 1.807) is 12.4 Å². The second-order valence-electron chi connectivity index (χ2n) is 2.96. The molecule has 4 heteroatoms. The Morgan fingerprint density at radius 3 is 3.31 bits per heavy atom. The fourth-order valence-electron chi connectivity index (χ4n) is 1.47. The third-order valence-corrected chi connectivity index (χ3v) is 2.15. The Labute approximate surface area is 75.9 Å². The molecule has 13 heavy (non-hydrogen) atoms. The molecular formula is C9H10N2O2. The Kier molecular flexibility index (Phi) is 1.88. The molecule has 1 aromatic rings. The van der Waals surface area contributed by atoms with Gasteiger partial charge in [0.2, 0.25) is 0 Å². The van der Waals surface area contributed by atoms with E-state index < -0.39 is 0 Å². The van der Waals surface area contributed by atoms with Crippen molar-refractivity contribution in [2.24, 2.45) is 0 Å². The molecule has 4 nitrogen and oxygen atoms in total. The fraction of sp³-hybridized carbons (Fsp3) is 0.333. The Balaban J connectivity index is 2.18. The first-order valence-electron chi connectivity index (χ1n) is 4.08. The van der Waals surface area contributed by atoms with Gasteiger partial charge in [-0.15, -0.1) is 0 Å². The van der Waals surface area contributed by atoms with Gasteiger partial charge in [0.25, 0.3) is 0 Å². The number of carbonyl (C=O) groups excluding carboxylic acids is 1. The second kappa shape index (κ2) is 3.05. The standard InChI is InChI=1S/C9H10N2O2/c1-13-9(12)7-4-6-2-3-10-5-8(6)11-7/h2-3,5,7,11H,4H2,1H3. The molecule has 1 unspecified atom stereocenters. The maximum Gasteiger partial charge on any atom is 0.328 e. The van der Waals surface area contributed by atoms with E-state index >= 15 is 0 Å². The summed E-state index contributed by atoms with van der Waals surface area (Å²) in [6, 6.07) is 1.66. The molecule has 0 saturated heterocycles. The number of anilines is 1. The van der Waals surface area contributed by atoms with Crippen LogP contribution in [0.4, 0.5) is 5.69 Å². The van der Waals surface area contributed by atoms with Crippen LogP contribution in [0.5, 0.6) is 0 Å². The molecule has 1 atom stereocenters. The Morgan fingerprint density at radius 2 is 2.62 bits per heavy atom. The predicted molar refractivity (Wildman–Crippen MR) is 47.4 cm³/mol. The van der Waals surface area contributed by atoms with Crippen LogP contribution in [-0.2, 0) is 16.0 Å². The summed E-state index contributed by atoms with van der Waals surface area (Å²) >= 11 is 0. The predicted octanol–water partition coefficient (Wildman–Crippen LogP) is 0.591. The number of rotatable bonds is 1. The molecule has 0 aliphatic carbocycles. The molecule has 0 aromatic carbocycles. The van der Waals surface area contributed by atoms with Crippen LogP contribution in [0.2, 0.25) is 0 Å². The van der Waals surface area contributed by atoms with Crippen molar-refractivity contribution in [3.8, 4) is 0 Å².